The number of hydrogen-bond acceptors (Lipinski definition) is 5. The third-order valence-electron chi connectivity index (χ3n) is 2.62. The Bertz CT molecular complexity index is 457. The molecular weight excluding hydrogens is 323 g/mol. The summed E-state index contributed by atoms with van der Waals surface area (Å²) in [5.74, 6) is 0. The maximum atomic E-state index is 9.22. The Morgan fingerprint density at radius 1 is 1.00 bits per heavy atom. The Kier molecular flexibility index (Phi) is 5.65. The van der Waals surface area contributed by atoms with Crippen LogP contribution in [0.15, 0.2) is 11.4 Å². The minimum Gasteiger partial charge on any atom is -0.437 e. The van der Waals surface area contributed by atoms with Crippen LogP contribution in [0.1, 0.15) is 0 Å². The molecule has 0 bridgehead atoms. The summed E-state index contributed by atoms with van der Waals surface area (Å²) in [6.07, 6.45) is 0. The maximum absolute atomic E-state index is 9.22. The molecule has 0 aromatic carbocycles. The standard InChI is InChI=1S/C11H25BO4SSi3/c1-18(2,3)15-20(6,7)16-19(4,5)10-8-11(12(13)14)17-9-10/h8-9,13-14H,1-7H3. The van der Waals surface area contributed by atoms with Gasteiger partial charge in [0, 0.05) is 4.78 Å². The Balaban J connectivity index is 2.87. The van der Waals surface area contributed by atoms with Crippen LogP contribution >= 0.6 is 11.3 Å². The zero-order chi connectivity index (χ0) is 15.8. The van der Waals surface area contributed by atoms with Crippen molar-refractivity contribution in [3.8, 4) is 0 Å². The van der Waals surface area contributed by atoms with Crippen molar-refractivity contribution in [2.75, 3.05) is 0 Å². The van der Waals surface area contributed by atoms with Gasteiger partial charge in [-0.05, 0) is 56.4 Å². The van der Waals surface area contributed by atoms with Crippen LogP contribution in [-0.2, 0) is 8.23 Å². The van der Waals surface area contributed by atoms with Crippen LogP contribution in [0, 0.1) is 0 Å². The highest BCUT2D eigenvalue weighted by Crippen LogP contribution is 2.20. The van der Waals surface area contributed by atoms with Gasteiger partial charge in [-0.15, -0.1) is 0 Å². The summed E-state index contributed by atoms with van der Waals surface area (Å²) in [6.45, 7) is 15.0. The summed E-state index contributed by atoms with van der Waals surface area (Å²) in [7, 11) is -7.29. The minimum atomic E-state index is -2.17. The summed E-state index contributed by atoms with van der Waals surface area (Å²) < 4.78 is 13.2. The molecule has 0 saturated heterocycles. The average molecular weight is 348 g/mol. The van der Waals surface area contributed by atoms with Crippen molar-refractivity contribution in [1.82, 2.24) is 0 Å². The quantitative estimate of drug-likeness (QED) is 0.763. The molecule has 9 heteroatoms. The van der Waals surface area contributed by atoms with E-state index in [1.165, 1.54) is 11.3 Å². The summed E-state index contributed by atoms with van der Waals surface area (Å²) >= 11 is 1.36. The summed E-state index contributed by atoms with van der Waals surface area (Å²) in [5, 5.41) is 21.5. The van der Waals surface area contributed by atoms with Crippen LogP contribution in [0.2, 0.25) is 45.8 Å². The molecule has 0 saturated carbocycles. The van der Waals surface area contributed by atoms with Crippen molar-refractivity contribution in [3.63, 3.8) is 0 Å². The molecule has 0 spiro atoms. The lowest BCUT2D eigenvalue weighted by atomic mass is 9.90. The lowest BCUT2D eigenvalue weighted by Crippen LogP contribution is -2.56. The molecule has 0 aliphatic rings. The highest BCUT2D eigenvalue weighted by molar-refractivity contribution is 7.22. The van der Waals surface area contributed by atoms with Gasteiger partial charge in [0.15, 0.2) is 8.32 Å². The number of thiophene rings is 1. The van der Waals surface area contributed by atoms with E-state index in [1.54, 1.807) is 0 Å². The van der Waals surface area contributed by atoms with Crippen molar-refractivity contribution >= 4 is 53.6 Å². The molecule has 0 atom stereocenters. The first kappa shape index (κ1) is 18.3. The smallest absolute Gasteiger partial charge is 0.437 e. The average Bonchev–Trinajstić information content (AvgIpc) is 2.59. The first-order valence-electron chi connectivity index (χ1n) is 6.68. The van der Waals surface area contributed by atoms with Crippen LogP contribution in [-0.4, -0.2) is 42.4 Å². The maximum Gasteiger partial charge on any atom is 0.499 e. The topological polar surface area (TPSA) is 58.9 Å². The van der Waals surface area contributed by atoms with Gasteiger partial charge in [0.1, 0.15) is 0 Å². The van der Waals surface area contributed by atoms with E-state index in [1.807, 2.05) is 11.4 Å². The lowest BCUT2D eigenvalue weighted by molar-refractivity contribution is 0.398. The zero-order valence-electron chi connectivity index (χ0n) is 13.4. The van der Waals surface area contributed by atoms with Gasteiger partial charge < -0.3 is 18.3 Å². The highest BCUT2D eigenvalue weighted by atomic mass is 32.1. The van der Waals surface area contributed by atoms with Gasteiger partial charge in [-0.25, -0.2) is 0 Å². The van der Waals surface area contributed by atoms with Gasteiger partial charge in [0.25, 0.3) is 0 Å². The summed E-state index contributed by atoms with van der Waals surface area (Å²) in [4.78, 5) is 0. The minimum absolute atomic E-state index is 0.565. The van der Waals surface area contributed by atoms with Crippen LogP contribution in [0.5, 0.6) is 0 Å². The lowest BCUT2D eigenvalue weighted by Gasteiger charge is -2.37. The summed E-state index contributed by atoms with van der Waals surface area (Å²) in [5.41, 5.74) is 0. The predicted octanol–water partition coefficient (Wildman–Crippen LogP) is 1.41. The Morgan fingerprint density at radius 2 is 1.55 bits per heavy atom. The van der Waals surface area contributed by atoms with E-state index in [0.717, 1.165) is 5.19 Å². The van der Waals surface area contributed by atoms with E-state index in [4.69, 9.17) is 8.23 Å². The zero-order valence-corrected chi connectivity index (χ0v) is 17.2. The second kappa shape index (κ2) is 6.17. The van der Waals surface area contributed by atoms with E-state index >= 15 is 0 Å². The molecule has 0 unspecified atom stereocenters. The fraction of sp³-hybridized carbons (Fsp3) is 0.636. The molecule has 0 aliphatic carbocycles. The van der Waals surface area contributed by atoms with Crippen molar-refractivity contribution in [1.29, 1.82) is 0 Å². The Morgan fingerprint density at radius 3 is 1.95 bits per heavy atom. The van der Waals surface area contributed by atoms with Gasteiger partial charge in [-0.2, -0.15) is 11.3 Å². The second-order valence-electron chi connectivity index (χ2n) is 6.84. The molecule has 2 N–H and O–H groups in total. The van der Waals surface area contributed by atoms with E-state index in [9.17, 15) is 10.0 Å². The number of rotatable bonds is 6. The van der Waals surface area contributed by atoms with Gasteiger partial charge in [0.05, 0.1) is 0 Å². The molecule has 114 valence electrons. The molecule has 0 fully saturated rings. The van der Waals surface area contributed by atoms with Gasteiger partial charge >= 0.3 is 15.7 Å². The first-order valence-corrected chi connectivity index (χ1v) is 16.7. The van der Waals surface area contributed by atoms with E-state index in [0.29, 0.717) is 4.78 Å². The predicted molar refractivity (Wildman–Crippen MR) is 94.3 cm³/mol. The molecular formula is C11H25BO4SSi3. The molecule has 0 aliphatic heterocycles. The third-order valence-corrected chi connectivity index (χ3v) is 13.9. The molecule has 20 heavy (non-hydrogen) atoms. The van der Waals surface area contributed by atoms with Gasteiger partial charge in [-0.1, -0.05) is 6.07 Å². The van der Waals surface area contributed by atoms with E-state index in [2.05, 4.69) is 45.8 Å². The van der Waals surface area contributed by atoms with Crippen LogP contribution in [0.25, 0.3) is 0 Å². The number of hydrogen-bond donors (Lipinski definition) is 2. The molecule has 0 radical (unpaired) electrons. The molecule has 1 aromatic heterocycles. The van der Waals surface area contributed by atoms with Crippen molar-refractivity contribution in [3.05, 3.63) is 11.4 Å². The van der Waals surface area contributed by atoms with Crippen LogP contribution < -0.4 is 9.96 Å². The van der Waals surface area contributed by atoms with Gasteiger partial charge in [0.2, 0.25) is 8.32 Å². The third kappa shape index (κ3) is 5.56. The van der Waals surface area contributed by atoms with Crippen LogP contribution in [0.3, 0.4) is 0 Å². The molecule has 1 aromatic rings. The van der Waals surface area contributed by atoms with Crippen molar-refractivity contribution in [2.24, 2.45) is 0 Å². The monoisotopic (exact) mass is 348 g/mol. The molecule has 0 amide bonds. The fourth-order valence-corrected chi connectivity index (χ4v) is 16.6. The Labute approximate surface area is 129 Å². The largest absolute Gasteiger partial charge is 0.499 e. The second-order valence-corrected chi connectivity index (χ2v) is 20.0. The normalized spacial score (nSPS) is 13.7. The summed E-state index contributed by atoms with van der Waals surface area (Å²) in [6, 6.07) is 1.85. The van der Waals surface area contributed by atoms with Crippen LogP contribution in [0.4, 0.5) is 0 Å². The van der Waals surface area contributed by atoms with E-state index in [-0.39, 0.29) is 0 Å². The molecule has 1 rings (SSSR count). The van der Waals surface area contributed by atoms with Crippen molar-refractivity contribution in [2.45, 2.75) is 45.8 Å². The van der Waals surface area contributed by atoms with Crippen molar-refractivity contribution < 1.29 is 18.3 Å². The fourth-order valence-electron chi connectivity index (χ4n) is 2.24. The Hall–Kier alpha value is 0.256. The first-order chi connectivity index (χ1) is 8.82. The van der Waals surface area contributed by atoms with E-state index < -0.39 is 32.3 Å². The molecule has 1 heterocycles. The molecule has 4 nitrogen and oxygen atoms in total. The highest BCUT2D eigenvalue weighted by Gasteiger charge is 2.39. The van der Waals surface area contributed by atoms with Gasteiger partial charge in [-0.3, -0.25) is 0 Å². The SMILES string of the molecule is C[Si](C)(C)O[Si](C)(C)O[Si](C)(C)c1csc(B(O)O)c1.